The highest BCUT2D eigenvalue weighted by molar-refractivity contribution is 5.76. The van der Waals surface area contributed by atoms with Crippen LogP contribution in [0.2, 0.25) is 0 Å². The molecule has 0 unspecified atom stereocenters. The number of amides is 1. The lowest BCUT2D eigenvalue weighted by Gasteiger charge is -2.35. The summed E-state index contributed by atoms with van der Waals surface area (Å²) in [5, 5.41) is 12.1. The quantitative estimate of drug-likeness (QED) is 0.840. The largest absolute Gasteiger partial charge is 0.372 e. The third-order valence-electron chi connectivity index (χ3n) is 3.67. The minimum atomic E-state index is 0.106. The van der Waals surface area contributed by atoms with Gasteiger partial charge >= 0.3 is 0 Å². The summed E-state index contributed by atoms with van der Waals surface area (Å²) in [6.07, 6.45) is 0.695. The Hall–Kier alpha value is -1.90. The molecule has 1 N–H and O–H groups in total. The molecule has 22 heavy (non-hydrogen) atoms. The average molecular weight is 301 g/mol. The molecule has 5 heteroatoms. The molecule has 1 fully saturated rings. The molecule has 1 heterocycles. The van der Waals surface area contributed by atoms with Gasteiger partial charge in [-0.1, -0.05) is 12.1 Å². The fraction of sp³-hybridized carbons (Fsp3) is 0.529. The molecule has 1 aromatic rings. The highest BCUT2D eigenvalue weighted by Crippen LogP contribution is 2.11. The van der Waals surface area contributed by atoms with Gasteiger partial charge in [-0.15, -0.1) is 0 Å². The van der Waals surface area contributed by atoms with E-state index in [1.807, 2.05) is 36.9 Å². The summed E-state index contributed by atoms with van der Waals surface area (Å²) in [6.45, 7) is 6.64. The SMILES string of the molecule is C[C@H]1CN(C(=O)CCNCc2cccc(C#N)c2)C[C@H](C)O1. The molecule has 0 saturated carbocycles. The number of carbonyl (C=O) groups excluding carboxylic acids is 1. The molecule has 0 radical (unpaired) electrons. The van der Waals surface area contributed by atoms with Crippen molar-refractivity contribution in [2.24, 2.45) is 0 Å². The number of nitrogens with zero attached hydrogens (tertiary/aromatic N) is 2. The van der Waals surface area contributed by atoms with Crippen LogP contribution in [0.15, 0.2) is 24.3 Å². The first-order valence-electron chi connectivity index (χ1n) is 7.71. The number of morpholine rings is 1. The number of rotatable bonds is 5. The summed E-state index contributed by atoms with van der Waals surface area (Å²) >= 11 is 0. The molecule has 1 amide bonds. The summed E-state index contributed by atoms with van der Waals surface area (Å²) in [7, 11) is 0. The van der Waals surface area contributed by atoms with Gasteiger partial charge in [0.15, 0.2) is 0 Å². The highest BCUT2D eigenvalue weighted by atomic mass is 16.5. The number of hydrogen-bond acceptors (Lipinski definition) is 4. The Bertz CT molecular complexity index is 543. The molecule has 0 aromatic heterocycles. The van der Waals surface area contributed by atoms with E-state index >= 15 is 0 Å². The van der Waals surface area contributed by atoms with Crippen molar-refractivity contribution in [1.82, 2.24) is 10.2 Å². The molecule has 5 nitrogen and oxygen atoms in total. The molecule has 1 aliphatic rings. The molecule has 1 aliphatic heterocycles. The topological polar surface area (TPSA) is 65.4 Å². The maximum atomic E-state index is 12.2. The van der Waals surface area contributed by atoms with Gasteiger partial charge in [-0.25, -0.2) is 0 Å². The van der Waals surface area contributed by atoms with E-state index in [-0.39, 0.29) is 18.1 Å². The lowest BCUT2D eigenvalue weighted by Crippen LogP contribution is -2.48. The van der Waals surface area contributed by atoms with E-state index in [2.05, 4.69) is 11.4 Å². The minimum Gasteiger partial charge on any atom is -0.372 e. The molecular formula is C17H23N3O2. The maximum Gasteiger partial charge on any atom is 0.224 e. The molecule has 118 valence electrons. The number of benzene rings is 1. The molecule has 0 aliphatic carbocycles. The molecule has 2 atom stereocenters. The summed E-state index contributed by atoms with van der Waals surface area (Å²) < 4.78 is 5.64. The lowest BCUT2D eigenvalue weighted by molar-refractivity contribution is -0.143. The second kappa shape index (κ2) is 7.92. The molecule has 0 bridgehead atoms. The minimum absolute atomic E-state index is 0.106. The Kier molecular flexibility index (Phi) is 5.93. The van der Waals surface area contributed by atoms with Crippen LogP contribution in [-0.2, 0) is 16.1 Å². The monoisotopic (exact) mass is 301 g/mol. The molecular weight excluding hydrogens is 278 g/mol. The van der Waals surface area contributed by atoms with Gasteiger partial charge in [-0.3, -0.25) is 4.79 Å². The Morgan fingerprint density at radius 2 is 2.14 bits per heavy atom. The summed E-state index contributed by atoms with van der Waals surface area (Å²) in [5.41, 5.74) is 1.71. The number of carbonyl (C=O) groups is 1. The first kappa shape index (κ1) is 16.5. The summed E-state index contributed by atoms with van der Waals surface area (Å²) in [5.74, 6) is 0.167. The summed E-state index contributed by atoms with van der Waals surface area (Å²) in [6, 6.07) is 9.62. The second-order valence-corrected chi connectivity index (χ2v) is 5.79. The number of hydrogen-bond donors (Lipinski definition) is 1. The zero-order chi connectivity index (χ0) is 15.9. The van der Waals surface area contributed by atoms with Crippen LogP contribution < -0.4 is 5.32 Å². The first-order chi connectivity index (χ1) is 10.6. The predicted octanol–water partition coefficient (Wildman–Crippen LogP) is 1.67. The van der Waals surface area contributed by atoms with E-state index in [9.17, 15) is 4.79 Å². The van der Waals surface area contributed by atoms with Crippen molar-refractivity contribution >= 4 is 5.91 Å². The fourth-order valence-electron chi connectivity index (χ4n) is 2.72. The van der Waals surface area contributed by atoms with Crippen LogP contribution >= 0.6 is 0 Å². The average Bonchev–Trinajstić information content (AvgIpc) is 2.50. The Labute approximate surface area is 131 Å². The van der Waals surface area contributed by atoms with Crippen molar-refractivity contribution in [2.45, 2.75) is 39.0 Å². The van der Waals surface area contributed by atoms with Crippen molar-refractivity contribution in [1.29, 1.82) is 5.26 Å². The van der Waals surface area contributed by atoms with Crippen molar-refractivity contribution < 1.29 is 9.53 Å². The van der Waals surface area contributed by atoms with Crippen LogP contribution in [0.25, 0.3) is 0 Å². The summed E-state index contributed by atoms with van der Waals surface area (Å²) in [4.78, 5) is 14.1. The van der Waals surface area contributed by atoms with E-state index in [1.54, 1.807) is 6.07 Å². The van der Waals surface area contributed by atoms with Gasteiger partial charge in [0, 0.05) is 32.6 Å². The smallest absolute Gasteiger partial charge is 0.224 e. The number of nitriles is 1. The van der Waals surface area contributed by atoms with Crippen LogP contribution in [0.5, 0.6) is 0 Å². The van der Waals surface area contributed by atoms with Crippen molar-refractivity contribution in [3.63, 3.8) is 0 Å². The third-order valence-corrected chi connectivity index (χ3v) is 3.67. The van der Waals surface area contributed by atoms with Crippen molar-refractivity contribution in [2.75, 3.05) is 19.6 Å². The van der Waals surface area contributed by atoms with E-state index in [1.165, 1.54) is 0 Å². The van der Waals surface area contributed by atoms with Crippen LogP contribution in [0, 0.1) is 11.3 Å². The van der Waals surface area contributed by atoms with Gasteiger partial charge in [0.25, 0.3) is 0 Å². The molecule has 1 saturated heterocycles. The molecule has 0 spiro atoms. The van der Waals surface area contributed by atoms with E-state index in [0.717, 1.165) is 5.56 Å². The first-order valence-corrected chi connectivity index (χ1v) is 7.71. The second-order valence-electron chi connectivity index (χ2n) is 5.79. The van der Waals surface area contributed by atoms with Crippen LogP contribution in [-0.4, -0.2) is 42.6 Å². The lowest BCUT2D eigenvalue weighted by atomic mass is 10.1. The van der Waals surface area contributed by atoms with E-state index in [4.69, 9.17) is 10.00 Å². The van der Waals surface area contributed by atoms with E-state index in [0.29, 0.717) is 38.2 Å². The zero-order valence-electron chi connectivity index (χ0n) is 13.2. The van der Waals surface area contributed by atoms with Gasteiger partial charge < -0.3 is 15.0 Å². The van der Waals surface area contributed by atoms with Crippen LogP contribution in [0.1, 0.15) is 31.4 Å². The fourth-order valence-corrected chi connectivity index (χ4v) is 2.72. The molecule has 1 aromatic carbocycles. The van der Waals surface area contributed by atoms with Crippen LogP contribution in [0.4, 0.5) is 0 Å². The van der Waals surface area contributed by atoms with Gasteiger partial charge in [-0.2, -0.15) is 5.26 Å². The number of ether oxygens (including phenoxy) is 1. The van der Waals surface area contributed by atoms with Gasteiger partial charge in [0.05, 0.1) is 23.8 Å². The predicted molar refractivity (Wildman–Crippen MR) is 84.1 cm³/mol. The van der Waals surface area contributed by atoms with Gasteiger partial charge in [-0.05, 0) is 31.5 Å². The Morgan fingerprint density at radius 3 is 2.82 bits per heavy atom. The van der Waals surface area contributed by atoms with Crippen molar-refractivity contribution in [3.8, 4) is 6.07 Å². The standard InChI is InChI=1S/C17H23N3O2/c1-13-11-20(12-14(2)22-13)17(21)6-7-19-10-16-5-3-4-15(8-16)9-18/h3-5,8,13-14,19H,6-7,10-12H2,1-2H3/t13-,14-/m0/s1. The van der Waals surface area contributed by atoms with Gasteiger partial charge in [0.2, 0.25) is 5.91 Å². The normalized spacial score (nSPS) is 21.4. The van der Waals surface area contributed by atoms with Crippen LogP contribution in [0.3, 0.4) is 0 Å². The maximum absolute atomic E-state index is 12.2. The van der Waals surface area contributed by atoms with Crippen molar-refractivity contribution in [3.05, 3.63) is 35.4 Å². The highest BCUT2D eigenvalue weighted by Gasteiger charge is 2.25. The van der Waals surface area contributed by atoms with E-state index < -0.39 is 0 Å². The number of nitrogens with one attached hydrogen (secondary N) is 1. The zero-order valence-corrected chi connectivity index (χ0v) is 13.2. The third kappa shape index (κ3) is 4.83. The van der Waals surface area contributed by atoms with Gasteiger partial charge in [0.1, 0.15) is 0 Å². The Balaban J connectivity index is 1.72. The molecule has 2 rings (SSSR count). The Morgan fingerprint density at radius 1 is 1.41 bits per heavy atom.